The minimum Gasteiger partial charge on any atom is -0.488 e. The van der Waals surface area contributed by atoms with Crippen LogP contribution in [0.3, 0.4) is 0 Å². The lowest BCUT2D eigenvalue weighted by atomic mass is 10.0. The van der Waals surface area contributed by atoms with Gasteiger partial charge in [-0.2, -0.15) is 5.10 Å². The molecule has 0 spiro atoms. The molecule has 2 aliphatic heterocycles. The minimum atomic E-state index is -0.0388. The van der Waals surface area contributed by atoms with E-state index in [-0.39, 0.29) is 5.91 Å². The average Bonchev–Trinajstić information content (AvgIpc) is 2.92. The molecule has 0 saturated carbocycles. The van der Waals surface area contributed by atoms with Gasteiger partial charge in [0.15, 0.2) is 5.69 Å². The smallest absolute Gasteiger partial charge is 0.274 e. The van der Waals surface area contributed by atoms with Crippen LogP contribution in [0.25, 0.3) is 11.3 Å². The fraction of sp³-hybridized carbons (Fsp3) is 0.375. The largest absolute Gasteiger partial charge is 0.488 e. The third-order valence-electron chi connectivity index (χ3n) is 4.16. The molecule has 1 aromatic carbocycles. The highest BCUT2D eigenvalue weighted by Gasteiger charge is 2.30. The summed E-state index contributed by atoms with van der Waals surface area (Å²) in [7, 11) is 1.87. The van der Waals surface area contributed by atoms with Gasteiger partial charge in [0, 0.05) is 31.3 Å². The van der Waals surface area contributed by atoms with Crippen LogP contribution in [-0.2, 0) is 18.4 Å². The monoisotopic (exact) mass is 299 g/mol. The van der Waals surface area contributed by atoms with Crippen LogP contribution in [0.4, 0.5) is 0 Å². The summed E-state index contributed by atoms with van der Waals surface area (Å²) >= 11 is 0. The third kappa shape index (κ3) is 1.99. The van der Waals surface area contributed by atoms with Gasteiger partial charge in [-0.15, -0.1) is 0 Å². The number of amides is 1. The number of para-hydroxylation sites is 1. The van der Waals surface area contributed by atoms with E-state index in [1.807, 2.05) is 31.3 Å². The first-order valence-corrected chi connectivity index (χ1v) is 7.41. The maximum Gasteiger partial charge on any atom is 0.274 e. The molecule has 0 aliphatic carbocycles. The molecule has 2 aliphatic rings. The summed E-state index contributed by atoms with van der Waals surface area (Å²) in [5, 5.41) is 4.47. The number of carbonyl (C=O) groups excluding carboxylic acids is 1. The maximum absolute atomic E-state index is 12.7. The Bertz CT molecular complexity index is 732. The molecule has 0 radical (unpaired) electrons. The third-order valence-corrected chi connectivity index (χ3v) is 4.16. The van der Waals surface area contributed by atoms with Gasteiger partial charge >= 0.3 is 0 Å². The molecule has 22 heavy (non-hydrogen) atoms. The number of nitrogens with zero attached hydrogens (tertiary/aromatic N) is 3. The molecular weight excluding hydrogens is 282 g/mol. The van der Waals surface area contributed by atoms with Gasteiger partial charge in [-0.25, -0.2) is 0 Å². The number of aryl methyl sites for hydroxylation is 1. The molecule has 1 saturated heterocycles. The van der Waals surface area contributed by atoms with Crippen molar-refractivity contribution in [3.05, 3.63) is 35.5 Å². The Morgan fingerprint density at radius 1 is 1.23 bits per heavy atom. The number of aromatic nitrogens is 2. The van der Waals surface area contributed by atoms with Gasteiger partial charge in [0.1, 0.15) is 12.4 Å². The lowest BCUT2D eigenvalue weighted by Gasteiger charge is -2.26. The Hall–Kier alpha value is -2.34. The van der Waals surface area contributed by atoms with E-state index in [9.17, 15) is 4.79 Å². The minimum absolute atomic E-state index is 0.0388. The number of benzene rings is 1. The van der Waals surface area contributed by atoms with E-state index in [0.717, 1.165) is 22.6 Å². The number of fused-ring (bicyclic) bond motifs is 3. The van der Waals surface area contributed by atoms with Crippen molar-refractivity contribution in [2.45, 2.75) is 6.61 Å². The number of carbonyl (C=O) groups is 1. The Labute approximate surface area is 128 Å². The normalized spacial score (nSPS) is 16.7. The zero-order valence-electron chi connectivity index (χ0n) is 12.4. The van der Waals surface area contributed by atoms with Crippen molar-refractivity contribution in [3.8, 4) is 17.0 Å². The van der Waals surface area contributed by atoms with Crippen LogP contribution < -0.4 is 4.74 Å². The lowest BCUT2D eigenvalue weighted by Crippen LogP contribution is -2.41. The summed E-state index contributed by atoms with van der Waals surface area (Å²) in [4.78, 5) is 14.5. The van der Waals surface area contributed by atoms with Gasteiger partial charge in [-0.3, -0.25) is 9.48 Å². The standard InChI is InChI=1S/C16H17N3O3/c1-18-15-11-4-2-3-5-13(11)22-10-12(15)14(17-18)16(20)19-6-8-21-9-7-19/h2-5H,6-10H2,1H3. The predicted octanol–water partition coefficient (Wildman–Crippen LogP) is 1.45. The topological polar surface area (TPSA) is 56.6 Å². The van der Waals surface area contributed by atoms with Crippen molar-refractivity contribution in [1.29, 1.82) is 0 Å². The number of hydrogen-bond acceptors (Lipinski definition) is 4. The van der Waals surface area contributed by atoms with Crippen LogP contribution in [0, 0.1) is 0 Å². The molecule has 114 valence electrons. The van der Waals surface area contributed by atoms with E-state index in [2.05, 4.69) is 5.10 Å². The van der Waals surface area contributed by atoms with Gasteiger partial charge in [0.25, 0.3) is 5.91 Å². The predicted molar refractivity (Wildman–Crippen MR) is 79.7 cm³/mol. The molecule has 0 unspecified atom stereocenters. The molecule has 6 nitrogen and oxygen atoms in total. The summed E-state index contributed by atoms with van der Waals surface area (Å²) in [5.74, 6) is 0.798. The van der Waals surface area contributed by atoms with Crippen LogP contribution in [0.5, 0.6) is 5.75 Å². The second-order valence-corrected chi connectivity index (χ2v) is 5.49. The van der Waals surface area contributed by atoms with E-state index >= 15 is 0 Å². The lowest BCUT2D eigenvalue weighted by molar-refractivity contribution is 0.0297. The Kier molecular flexibility index (Phi) is 3.11. The molecule has 0 bridgehead atoms. The van der Waals surface area contributed by atoms with Crippen LogP contribution >= 0.6 is 0 Å². The van der Waals surface area contributed by atoms with Gasteiger partial charge in [-0.1, -0.05) is 12.1 Å². The maximum atomic E-state index is 12.7. The van der Waals surface area contributed by atoms with Gasteiger partial charge in [0.05, 0.1) is 18.9 Å². The first kappa shape index (κ1) is 13.3. The van der Waals surface area contributed by atoms with Crippen molar-refractivity contribution >= 4 is 5.91 Å². The summed E-state index contributed by atoms with van der Waals surface area (Å²) < 4.78 is 12.9. The molecule has 2 aromatic rings. The molecule has 0 N–H and O–H groups in total. The van der Waals surface area contributed by atoms with Crippen molar-refractivity contribution < 1.29 is 14.3 Å². The summed E-state index contributed by atoms with van der Waals surface area (Å²) in [6.07, 6.45) is 0. The first-order chi connectivity index (χ1) is 10.8. The van der Waals surface area contributed by atoms with Crippen LogP contribution in [-0.4, -0.2) is 46.9 Å². The second-order valence-electron chi connectivity index (χ2n) is 5.49. The van der Waals surface area contributed by atoms with Crippen molar-refractivity contribution in [3.63, 3.8) is 0 Å². The summed E-state index contributed by atoms with van der Waals surface area (Å²) in [6, 6.07) is 7.85. The van der Waals surface area contributed by atoms with E-state index in [4.69, 9.17) is 9.47 Å². The van der Waals surface area contributed by atoms with Crippen LogP contribution in [0.1, 0.15) is 16.1 Å². The number of rotatable bonds is 1. The first-order valence-electron chi connectivity index (χ1n) is 7.41. The van der Waals surface area contributed by atoms with Crippen molar-refractivity contribution in [1.82, 2.24) is 14.7 Å². The molecule has 4 rings (SSSR count). The zero-order valence-corrected chi connectivity index (χ0v) is 12.4. The van der Waals surface area contributed by atoms with E-state index in [0.29, 0.717) is 38.6 Å². The molecule has 1 aromatic heterocycles. The average molecular weight is 299 g/mol. The Balaban J connectivity index is 1.77. The molecule has 6 heteroatoms. The number of ether oxygens (including phenoxy) is 2. The fourth-order valence-electron chi connectivity index (χ4n) is 3.07. The van der Waals surface area contributed by atoms with Gasteiger partial charge < -0.3 is 14.4 Å². The Morgan fingerprint density at radius 3 is 2.82 bits per heavy atom. The fourth-order valence-corrected chi connectivity index (χ4v) is 3.07. The highest BCUT2D eigenvalue weighted by Crippen LogP contribution is 2.38. The van der Waals surface area contributed by atoms with Gasteiger partial charge in [-0.05, 0) is 12.1 Å². The van der Waals surface area contributed by atoms with Crippen molar-refractivity contribution in [2.75, 3.05) is 26.3 Å². The highest BCUT2D eigenvalue weighted by molar-refractivity contribution is 5.96. The number of morpholine rings is 1. The van der Waals surface area contributed by atoms with E-state index in [1.165, 1.54) is 0 Å². The highest BCUT2D eigenvalue weighted by atomic mass is 16.5. The van der Waals surface area contributed by atoms with E-state index in [1.54, 1.807) is 9.58 Å². The number of hydrogen-bond donors (Lipinski definition) is 0. The molecule has 0 atom stereocenters. The molecule has 1 fully saturated rings. The van der Waals surface area contributed by atoms with E-state index < -0.39 is 0 Å². The van der Waals surface area contributed by atoms with Crippen LogP contribution in [0.15, 0.2) is 24.3 Å². The second kappa shape index (κ2) is 5.14. The molecule has 1 amide bonds. The SMILES string of the molecule is Cn1nc(C(=O)N2CCOCC2)c2c1-c1ccccc1OC2. The summed E-state index contributed by atoms with van der Waals surface area (Å²) in [6.45, 7) is 2.77. The summed E-state index contributed by atoms with van der Waals surface area (Å²) in [5.41, 5.74) is 3.32. The zero-order chi connectivity index (χ0) is 15.1. The molecule has 3 heterocycles. The van der Waals surface area contributed by atoms with Crippen molar-refractivity contribution in [2.24, 2.45) is 7.05 Å². The molecular formula is C16H17N3O3. The Morgan fingerprint density at radius 2 is 2.00 bits per heavy atom. The van der Waals surface area contributed by atoms with Crippen LogP contribution in [0.2, 0.25) is 0 Å². The quantitative estimate of drug-likeness (QED) is 0.800. The van der Waals surface area contributed by atoms with Gasteiger partial charge in [0.2, 0.25) is 0 Å².